The number of rotatable bonds is 4. The van der Waals surface area contributed by atoms with E-state index >= 15 is 0 Å². The summed E-state index contributed by atoms with van der Waals surface area (Å²) in [6.45, 7) is 0. The molecule has 1 unspecified atom stereocenters. The summed E-state index contributed by atoms with van der Waals surface area (Å²) >= 11 is 3.34. The summed E-state index contributed by atoms with van der Waals surface area (Å²) in [7, 11) is 0. The van der Waals surface area contributed by atoms with Gasteiger partial charge in [0.05, 0.1) is 6.10 Å². The summed E-state index contributed by atoms with van der Waals surface area (Å²) in [5, 5.41) is 10.1. The van der Waals surface area contributed by atoms with E-state index in [0.29, 0.717) is 12.0 Å². The van der Waals surface area contributed by atoms with Gasteiger partial charge >= 0.3 is 0 Å². The van der Waals surface area contributed by atoms with Gasteiger partial charge in [0.25, 0.3) is 6.43 Å². The van der Waals surface area contributed by atoms with Gasteiger partial charge in [-0.05, 0) is 23.3 Å². The zero-order valence-electron chi connectivity index (χ0n) is 10.1. The lowest BCUT2D eigenvalue weighted by Crippen LogP contribution is -2.02. The first kappa shape index (κ1) is 14.2. The fourth-order valence-electron chi connectivity index (χ4n) is 1.83. The third-order valence-corrected chi connectivity index (χ3v) is 3.44. The molecule has 0 aliphatic heterocycles. The molecule has 2 aromatic rings. The fourth-order valence-corrected chi connectivity index (χ4v) is 2.09. The van der Waals surface area contributed by atoms with Crippen molar-refractivity contribution >= 4 is 15.9 Å². The molecule has 0 amide bonds. The monoisotopic (exact) mass is 326 g/mol. The molecule has 1 N–H and O–H groups in total. The summed E-state index contributed by atoms with van der Waals surface area (Å²) in [6, 6.07) is 13.4. The van der Waals surface area contributed by atoms with Crippen molar-refractivity contribution < 1.29 is 13.9 Å². The van der Waals surface area contributed by atoms with Crippen molar-refractivity contribution in [2.24, 2.45) is 0 Å². The third-order valence-electron chi connectivity index (χ3n) is 2.92. The minimum Gasteiger partial charge on any atom is -0.388 e. The molecule has 0 fully saturated rings. The molecule has 1 nitrogen and oxygen atoms in total. The number of alkyl halides is 2. The first-order valence-corrected chi connectivity index (χ1v) is 6.66. The summed E-state index contributed by atoms with van der Waals surface area (Å²) in [4.78, 5) is 0. The second-order valence-electron chi connectivity index (χ2n) is 4.31. The van der Waals surface area contributed by atoms with Crippen molar-refractivity contribution in [1.82, 2.24) is 0 Å². The van der Waals surface area contributed by atoms with E-state index in [0.717, 1.165) is 10.0 Å². The normalized spacial score (nSPS) is 12.7. The summed E-state index contributed by atoms with van der Waals surface area (Å²) in [5.74, 6) is 0. The van der Waals surface area contributed by atoms with E-state index in [1.165, 1.54) is 12.1 Å². The zero-order valence-corrected chi connectivity index (χ0v) is 11.6. The minimum atomic E-state index is -2.47. The van der Waals surface area contributed by atoms with Crippen molar-refractivity contribution in [3.8, 4) is 0 Å². The van der Waals surface area contributed by atoms with Crippen LogP contribution in [0.15, 0.2) is 53.0 Å². The van der Waals surface area contributed by atoms with Crippen LogP contribution in [-0.4, -0.2) is 5.11 Å². The Kier molecular flexibility index (Phi) is 4.66. The molecule has 2 rings (SSSR count). The molecule has 0 aromatic heterocycles. The molecule has 4 heteroatoms. The number of aliphatic hydroxyl groups is 1. The van der Waals surface area contributed by atoms with Crippen LogP contribution >= 0.6 is 15.9 Å². The van der Waals surface area contributed by atoms with Gasteiger partial charge in [0.15, 0.2) is 0 Å². The topological polar surface area (TPSA) is 20.2 Å². The molecule has 19 heavy (non-hydrogen) atoms. The Labute approximate surface area is 119 Å². The number of aliphatic hydroxyl groups excluding tert-OH is 1. The van der Waals surface area contributed by atoms with E-state index in [2.05, 4.69) is 15.9 Å². The van der Waals surface area contributed by atoms with Gasteiger partial charge < -0.3 is 5.11 Å². The van der Waals surface area contributed by atoms with Crippen molar-refractivity contribution in [3.63, 3.8) is 0 Å². The third kappa shape index (κ3) is 3.85. The lowest BCUT2D eigenvalue weighted by molar-refractivity contribution is 0.151. The van der Waals surface area contributed by atoms with Crippen molar-refractivity contribution in [2.45, 2.75) is 19.0 Å². The van der Waals surface area contributed by atoms with Crippen LogP contribution in [0.25, 0.3) is 0 Å². The lowest BCUT2D eigenvalue weighted by Gasteiger charge is -2.12. The van der Waals surface area contributed by atoms with Crippen LogP contribution < -0.4 is 0 Å². The summed E-state index contributed by atoms with van der Waals surface area (Å²) in [6.07, 6.45) is -2.70. The Morgan fingerprint density at radius 2 is 1.42 bits per heavy atom. The maximum absolute atomic E-state index is 12.4. The highest BCUT2D eigenvalue weighted by Crippen LogP contribution is 2.23. The predicted octanol–water partition coefficient (Wildman–Crippen LogP) is 4.66. The Bertz CT molecular complexity index is 523. The van der Waals surface area contributed by atoms with Gasteiger partial charge in [-0.25, -0.2) is 8.78 Å². The van der Waals surface area contributed by atoms with Gasteiger partial charge in [-0.1, -0.05) is 52.3 Å². The molecule has 0 saturated heterocycles. The molecule has 0 aliphatic carbocycles. The van der Waals surface area contributed by atoms with Crippen molar-refractivity contribution in [1.29, 1.82) is 0 Å². The van der Waals surface area contributed by atoms with Crippen LogP contribution in [0.2, 0.25) is 0 Å². The molecule has 0 spiro atoms. The summed E-state index contributed by atoms with van der Waals surface area (Å²) in [5.41, 5.74) is 1.61. The molecule has 100 valence electrons. The van der Waals surface area contributed by atoms with E-state index in [9.17, 15) is 13.9 Å². The second-order valence-corrected chi connectivity index (χ2v) is 5.23. The molecule has 0 bridgehead atoms. The zero-order chi connectivity index (χ0) is 13.8. The summed E-state index contributed by atoms with van der Waals surface area (Å²) < 4.78 is 25.8. The van der Waals surface area contributed by atoms with Gasteiger partial charge in [-0.2, -0.15) is 0 Å². The van der Waals surface area contributed by atoms with E-state index < -0.39 is 12.5 Å². The maximum Gasteiger partial charge on any atom is 0.263 e. The van der Waals surface area contributed by atoms with Gasteiger partial charge in [-0.3, -0.25) is 0 Å². The van der Waals surface area contributed by atoms with E-state index in [1.807, 2.05) is 24.3 Å². The Balaban J connectivity index is 2.07. The molecular weight excluding hydrogens is 314 g/mol. The quantitative estimate of drug-likeness (QED) is 0.866. The Morgan fingerprint density at radius 3 is 1.95 bits per heavy atom. The van der Waals surface area contributed by atoms with Crippen LogP contribution in [0.3, 0.4) is 0 Å². The van der Waals surface area contributed by atoms with E-state index in [4.69, 9.17) is 0 Å². The lowest BCUT2D eigenvalue weighted by atomic mass is 10.0. The number of halogens is 3. The molecule has 1 atom stereocenters. The van der Waals surface area contributed by atoms with Crippen LogP contribution in [0.4, 0.5) is 8.78 Å². The number of hydrogen-bond acceptors (Lipinski definition) is 1. The van der Waals surface area contributed by atoms with E-state index in [-0.39, 0.29) is 5.56 Å². The molecular formula is C15H13BrF2O. The first-order valence-electron chi connectivity index (χ1n) is 5.87. The highest BCUT2D eigenvalue weighted by atomic mass is 79.9. The first-order chi connectivity index (χ1) is 9.06. The maximum atomic E-state index is 12.4. The van der Waals surface area contributed by atoms with E-state index in [1.54, 1.807) is 12.1 Å². The highest BCUT2D eigenvalue weighted by Gasteiger charge is 2.11. The van der Waals surface area contributed by atoms with Crippen LogP contribution in [0.5, 0.6) is 0 Å². The van der Waals surface area contributed by atoms with Crippen LogP contribution in [0.1, 0.15) is 29.2 Å². The van der Waals surface area contributed by atoms with Gasteiger partial charge in [0, 0.05) is 16.5 Å². The average molecular weight is 327 g/mol. The van der Waals surface area contributed by atoms with Crippen LogP contribution in [0, 0.1) is 0 Å². The molecule has 0 aliphatic rings. The predicted molar refractivity (Wildman–Crippen MR) is 74.2 cm³/mol. The SMILES string of the molecule is OC(Cc1ccc(Br)cc1)c1ccc(C(F)F)cc1. The van der Waals surface area contributed by atoms with Gasteiger partial charge in [0.1, 0.15) is 0 Å². The largest absolute Gasteiger partial charge is 0.388 e. The fraction of sp³-hybridized carbons (Fsp3) is 0.200. The number of benzene rings is 2. The van der Waals surface area contributed by atoms with Gasteiger partial charge in [-0.15, -0.1) is 0 Å². The average Bonchev–Trinajstić information content (AvgIpc) is 2.41. The standard InChI is InChI=1S/C15H13BrF2O/c16-13-7-1-10(2-8-13)9-14(19)11-3-5-12(6-4-11)15(17)18/h1-8,14-15,19H,9H2. The van der Waals surface area contributed by atoms with Crippen molar-refractivity contribution in [3.05, 3.63) is 69.7 Å². The minimum absolute atomic E-state index is 0.0282. The second kappa shape index (κ2) is 6.26. The Hall–Kier alpha value is -1.26. The number of hydrogen-bond donors (Lipinski definition) is 1. The Morgan fingerprint density at radius 1 is 0.895 bits per heavy atom. The van der Waals surface area contributed by atoms with Crippen molar-refractivity contribution in [2.75, 3.05) is 0 Å². The van der Waals surface area contributed by atoms with Crippen LogP contribution in [-0.2, 0) is 6.42 Å². The smallest absolute Gasteiger partial charge is 0.263 e. The molecule has 0 saturated carbocycles. The highest BCUT2D eigenvalue weighted by molar-refractivity contribution is 9.10. The molecule has 2 aromatic carbocycles. The molecule has 0 heterocycles. The van der Waals surface area contributed by atoms with Gasteiger partial charge in [0.2, 0.25) is 0 Å². The molecule has 0 radical (unpaired) electrons.